The average molecular weight is 398 g/mol. The largest absolute Gasteiger partial charge is 0.496 e. The molecule has 0 spiro atoms. The maximum atomic E-state index is 12.8. The minimum Gasteiger partial charge on any atom is -0.496 e. The fourth-order valence-electron chi connectivity index (χ4n) is 3.22. The van der Waals surface area contributed by atoms with E-state index in [2.05, 4.69) is 15.3 Å². The first kappa shape index (κ1) is 20.6. The molecule has 1 aromatic carbocycles. The molecule has 8 nitrogen and oxygen atoms in total. The lowest BCUT2D eigenvalue weighted by atomic mass is 10.1. The quantitative estimate of drug-likeness (QED) is 0.847. The highest BCUT2D eigenvalue weighted by atomic mass is 16.6. The van der Waals surface area contributed by atoms with E-state index < -0.39 is 17.7 Å². The molecule has 1 aliphatic rings. The molecule has 1 aromatic heterocycles. The molecular formula is C21H26N4O4. The number of benzene rings is 1. The summed E-state index contributed by atoms with van der Waals surface area (Å²) >= 11 is 0. The minimum atomic E-state index is -0.614. The van der Waals surface area contributed by atoms with Crippen LogP contribution in [0.3, 0.4) is 0 Å². The third-order valence-corrected chi connectivity index (χ3v) is 4.48. The highest BCUT2D eigenvalue weighted by molar-refractivity contribution is 5.96. The second-order valence-corrected chi connectivity index (χ2v) is 7.81. The molecule has 29 heavy (non-hydrogen) atoms. The van der Waals surface area contributed by atoms with Crippen molar-refractivity contribution >= 4 is 17.8 Å². The molecule has 0 bridgehead atoms. The molecule has 154 valence electrons. The van der Waals surface area contributed by atoms with Gasteiger partial charge in [0, 0.05) is 18.2 Å². The Morgan fingerprint density at radius 1 is 1.21 bits per heavy atom. The molecule has 2 heterocycles. The van der Waals surface area contributed by atoms with Crippen LogP contribution >= 0.6 is 0 Å². The number of hydrogen-bond donors (Lipinski definition) is 1. The fraction of sp³-hybridized carbons (Fsp3) is 0.429. The highest BCUT2D eigenvalue weighted by Gasteiger charge is 2.36. The number of amides is 2. The number of likely N-dealkylation sites (tertiary alicyclic amines) is 1. The van der Waals surface area contributed by atoms with Gasteiger partial charge in [0.1, 0.15) is 29.5 Å². The number of nitrogens with one attached hydrogen (secondary N) is 1. The first-order chi connectivity index (χ1) is 13.8. The number of nitrogens with zero attached hydrogens (tertiary/aromatic N) is 3. The van der Waals surface area contributed by atoms with Gasteiger partial charge in [-0.3, -0.25) is 9.69 Å². The van der Waals surface area contributed by atoms with Gasteiger partial charge in [-0.05, 0) is 45.7 Å². The first-order valence-corrected chi connectivity index (χ1v) is 9.54. The van der Waals surface area contributed by atoms with Crippen LogP contribution in [0.25, 0.3) is 11.3 Å². The molecule has 3 rings (SSSR count). The summed E-state index contributed by atoms with van der Waals surface area (Å²) in [4.78, 5) is 35.1. The van der Waals surface area contributed by atoms with Gasteiger partial charge < -0.3 is 14.8 Å². The summed E-state index contributed by atoms with van der Waals surface area (Å²) in [5, 5.41) is 2.80. The standard InChI is InChI=1S/C21H26N4O4/c1-21(2,3)29-20(27)25-11-7-9-16(25)19(26)24-18-12-15(22-13-23-18)14-8-5-6-10-17(14)28-4/h5-6,8,10,12-13,16H,7,9,11H2,1-4H3,(H,22,23,24,26). The van der Waals surface area contributed by atoms with Crippen LogP contribution in [0, 0.1) is 0 Å². The average Bonchev–Trinajstić information content (AvgIpc) is 3.17. The summed E-state index contributed by atoms with van der Waals surface area (Å²) in [7, 11) is 1.59. The molecule has 1 N–H and O–H groups in total. The second kappa shape index (κ2) is 8.46. The van der Waals surface area contributed by atoms with Gasteiger partial charge >= 0.3 is 6.09 Å². The van der Waals surface area contributed by atoms with Crippen LogP contribution in [0.15, 0.2) is 36.7 Å². The predicted molar refractivity (Wildman–Crippen MR) is 109 cm³/mol. The number of ether oxygens (including phenoxy) is 2. The smallest absolute Gasteiger partial charge is 0.410 e. The lowest BCUT2D eigenvalue weighted by Crippen LogP contribution is -2.45. The molecule has 1 fully saturated rings. The van der Waals surface area contributed by atoms with Crippen molar-refractivity contribution in [1.82, 2.24) is 14.9 Å². The zero-order valence-electron chi connectivity index (χ0n) is 17.1. The van der Waals surface area contributed by atoms with E-state index in [1.807, 2.05) is 24.3 Å². The summed E-state index contributed by atoms with van der Waals surface area (Å²) in [6.45, 7) is 5.90. The van der Waals surface area contributed by atoms with E-state index in [1.54, 1.807) is 33.9 Å². The zero-order valence-corrected chi connectivity index (χ0v) is 17.1. The third kappa shape index (κ3) is 5.01. The molecule has 2 aromatic rings. The van der Waals surface area contributed by atoms with Gasteiger partial charge in [0.05, 0.1) is 12.8 Å². The number of para-hydroxylation sites is 1. The Balaban J connectivity index is 1.74. The van der Waals surface area contributed by atoms with Crippen LogP contribution in [-0.2, 0) is 9.53 Å². The second-order valence-electron chi connectivity index (χ2n) is 7.81. The molecule has 0 saturated carbocycles. The monoisotopic (exact) mass is 398 g/mol. The number of rotatable bonds is 4. The normalized spacial score (nSPS) is 16.4. The Labute approximate surface area is 170 Å². The van der Waals surface area contributed by atoms with Crippen LogP contribution in [0.1, 0.15) is 33.6 Å². The van der Waals surface area contributed by atoms with Crippen molar-refractivity contribution in [1.29, 1.82) is 0 Å². The van der Waals surface area contributed by atoms with E-state index in [1.165, 1.54) is 11.2 Å². The number of hydrogen-bond acceptors (Lipinski definition) is 6. The maximum absolute atomic E-state index is 12.8. The molecule has 0 aliphatic carbocycles. The van der Waals surface area contributed by atoms with Gasteiger partial charge in [-0.1, -0.05) is 12.1 Å². The van der Waals surface area contributed by atoms with Gasteiger partial charge in [0.15, 0.2) is 0 Å². The Bertz CT molecular complexity index is 894. The Hall–Kier alpha value is -3.16. The molecule has 0 radical (unpaired) electrons. The van der Waals surface area contributed by atoms with Crippen molar-refractivity contribution in [2.75, 3.05) is 19.0 Å². The third-order valence-electron chi connectivity index (χ3n) is 4.48. The van der Waals surface area contributed by atoms with Crippen molar-refractivity contribution in [2.45, 2.75) is 45.3 Å². The predicted octanol–water partition coefficient (Wildman–Crippen LogP) is 3.49. The van der Waals surface area contributed by atoms with Crippen LogP contribution < -0.4 is 10.1 Å². The minimum absolute atomic E-state index is 0.293. The maximum Gasteiger partial charge on any atom is 0.410 e. The van der Waals surface area contributed by atoms with E-state index in [0.717, 1.165) is 12.0 Å². The van der Waals surface area contributed by atoms with Crippen LogP contribution in [0.2, 0.25) is 0 Å². The van der Waals surface area contributed by atoms with Crippen LogP contribution in [0.5, 0.6) is 5.75 Å². The van der Waals surface area contributed by atoms with E-state index in [4.69, 9.17) is 9.47 Å². The van der Waals surface area contributed by atoms with Gasteiger partial charge in [-0.15, -0.1) is 0 Å². The lowest BCUT2D eigenvalue weighted by molar-refractivity contribution is -0.120. The summed E-state index contributed by atoms with van der Waals surface area (Å²) in [5.41, 5.74) is 0.809. The Kier molecular flexibility index (Phi) is 6.00. The Morgan fingerprint density at radius 2 is 1.97 bits per heavy atom. The number of anilines is 1. The summed E-state index contributed by atoms with van der Waals surface area (Å²) in [6, 6.07) is 8.57. The zero-order chi connectivity index (χ0) is 21.0. The van der Waals surface area contributed by atoms with Crippen molar-refractivity contribution in [3.05, 3.63) is 36.7 Å². The topological polar surface area (TPSA) is 93.7 Å². The fourth-order valence-corrected chi connectivity index (χ4v) is 3.22. The summed E-state index contributed by atoms with van der Waals surface area (Å²) in [5.74, 6) is 0.746. The molecule has 1 atom stereocenters. The number of carbonyl (C=O) groups is 2. The first-order valence-electron chi connectivity index (χ1n) is 9.54. The molecule has 1 unspecified atom stereocenters. The van der Waals surface area contributed by atoms with E-state index >= 15 is 0 Å². The van der Waals surface area contributed by atoms with Crippen molar-refractivity contribution in [2.24, 2.45) is 0 Å². The van der Waals surface area contributed by atoms with Gasteiger partial charge in [-0.2, -0.15) is 0 Å². The number of aromatic nitrogens is 2. The van der Waals surface area contributed by atoms with Crippen LogP contribution in [-0.4, -0.2) is 52.2 Å². The van der Waals surface area contributed by atoms with Gasteiger partial charge in [-0.25, -0.2) is 14.8 Å². The van der Waals surface area contributed by atoms with E-state index in [9.17, 15) is 9.59 Å². The molecule has 2 amide bonds. The summed E-state index contributed by atoms with van der Waals surface area (Å²) in [6.07, 6.45) is 2.23. The van der Waals surface area contributed by atoms with Gasteiger partial charge in [0.25, 0.3) is 0 Å². The SMILES string of the molecule is COc1ccccc1-c1cc(NC(=O)C2CCCN2C(=O)OC(C)(C)C)ncn1. The van der Waals surface area contributed by atoms with Crippen molar-refractivity contribution in [3.8, 4) is 17.0 Å². The molecule has 1 saturated heterocycles. The Morgan fingerprint density at radius 3 is 2.69 bits per heavy atom. The van der Waals surface area contributed by atoms with Crippen molar-refractivity contribution < 1.29 is 19.1 Å². The van der Waals surface area contributed by atoms with Crippen molar-refractivity contribution in [3.63, 3.8) is 0 Å². The molecule has 8 heteroatoms. The lowest BCUT2D eigenvalue weighted by Gasteiger charge is -2.27. The number of methoxy groups -OCH3 is 1. The number of carbonyl (C=O) groups excluding carboxylic acids is 2. The van der Waals surface area contributed by atoms with Gasteiger partial charge in [0.2, 0.25) is 5.91 Å². The van der Waals surface area contributed by atoms with E-state index in [0.29, 0.717) is 30.2 Å². The van der Waals surface area contributed by atoms with Crippen LogP contribution in [0.4, 0.5) is 10.6 Å². The molecular weight excluding hydrogens is 372 g/mol. The summed E-state index contributed by atoms with van der Waals surface area (Å²) < 4.78 is 10.8. The van der Waals surface area contributed by atoms with E-state index in [-0.39, 0.29) is 5.91 Å². The molecule has 1 aliphatic heterocycles. The highest BCUT2D eigenvalue weighted by Crippen LogP contribution is 2.29.